The topological polar surface area (TPSA) is 78.9 Å². The van der Waals surface area contributed by atoms with Gasteiger partial charge in [-0.2, -0.15) is 0 Å². The van der Waals surface area contributed by atoms with Gasteiger partial charge in [0.15, 0.2) is 6.10 Å². The summed E-state index contributed by atoms with van der Waals surface area (Å²) in [5.74, 6) is -0.879. The fourth-order valence-corrected chi connectivity index (χ4v) is 9.66. The molecular formula is C71H126O6. The van der Waals surface area contributed by atoms with E-state index in [9.17, 15) is 14.4 Å². The normalized spacial score (nSPS) is 12.5. The van der Waals surface area contributed by atoms with Crippen LogP contribution in [0.5, 0.6) is 0 Å². The lowest BCUT2D eigenvalue weighted by Crippen LogP contribution is -2.30. The third kappa shape index (κ3) is 63.6. The Balaban J connectivity index is 4.09. The number of hydrogen-bond acceptors (Lipinski definition) is 6. The first kappa shape index (κ1) is 73.8. The van der Waals surface area contributed by atoms with E-state index in [1.165, 1.54) is 199 Å². The fraction of sp³-hybridized carbons (Fsp3) is 0.789. The van der Waals surface area contributed by atoms with Crippen molar-refractivity contribution in [2.45, 2.75) is 348 Å². The van der Waals surface area contributed by atoms with Crippen molar-refractivity contribution < 1.29 is 28.6 Å². The largest absolute Gasteiger partial charge is 0.462 e. The Labute approximate surface area is 478 Å². The molecule has 0 bridgehead atoms. The molecule has 0 fully saturated rings. The predicted octanol–water partition coefficient (Wildman–Crippen LogP) is 22.9. The standard InChI is InChI=1S/C71H126O6/c1-4-7-10-13-16-19-22-25-27-28-29-30-31-32-33-34-35-36-37-38-39-40-41-42-43-44-45-47-49-52-55-58-61-64-70(73)76-67-68(66-75-69(72)63-60-57-54-51-48-24-21-18-15-12-9-6-3)77-71(74)65-62-59-56-53-50-46-26-23-20-17-14-11-8-5-2/h7,10,16,18-19,21,23,25-27,29-30,68H,4-6,8-9,11-15,17,20,22,24,28,31-67H2,1-3H3/b10-7-,19-16-,21-18-,26-23-,27-25-,30-29-. The maximum absolute atomic E-state index is 12.9. The van der Waals surface area contributed by atoms with Crippen molar-refractivity contribution >= 4 is 17.9 Å². The summed E-state index contributed by atoms with van der Waals surface area (Å²) in [4.78, 5) is 38.2. The van der Waals surface area contributed by atoms with Gasteiger partial charge in [0, 0.05) is 19.3 Å². The molecule has 0 saturated carbocycles. The Hall–Kier alpha value is -3.15. The smallest absolute Gasteiger partial charge is 0.306 e. The second kappa shape index (κ2) is 65.4. The van der Waals surface area contributed by atoms with E-state index < -0.39 is 6.10 Å². The molecule has 0 saturated heterocycles. The van der Waals surface area contributed by atoms with E-state index in [0.717, 1.165) is 103 Å². The van der Waals surface area contributed by atoms with Gasteiger partial charge in [-0.1, -0.05) is 286 Å². The lowest BCUT2D eigenvalue weighted by atomic mass is 10.0. The SMILES string of the molecule is CC/C=C\C/C=C\C/C=C\C/C=C\CCCCCCCCCCCCCCCCCCCCCCC(=O)OCC(COC(=O)CCCCCCC/C=C\CCCCC)OC(=O)CCCCCCC/C=C\CCCCCCC. The molecule has 0 amide bonds. The van der Waals surface area contributed by atoms with Crippen molar-refractivity contribution in [1.29, 1.82) is 0 Å². The molecule has 0 aromatic carbocycles. The van der Waals surface area contributed by atoms with E-state index in [2.05, 4.69) is 93.7 Å². The Morgan fingerprint density at radius 2 is 0.506 bits per heavy atom. The van der Waals surface area contributed by atoms with Crippen molar-refractivity contribution in [3.63, 3.8) is 0 Å². The van der Waals surface area contributed by atoms with Gasteiger partial charge in [-0.25, -0.2) is 0 Å². The van der Waals surface area contributed by atoms with E-state index >= 15 is 0 Å². The van der Waals surface area contributed by atoms with E-state index in [4.69, 9.17) is 14.2 Å². The molecule has 6 nitrogen and oxygen atoms in total. The van der Waals surface area contributed by atoms with Crippen LogP contribution in [-0.4, -0.2) is 37.2 Å². The summed E-state index contributed by atoms with van der Waals surface area (Å²) < 4.78 is 16.9. The van der Waals surface area contributed by atoms with Gasteiger partial charge in [-0.05, 0) is 109 Å². The Bertz CT molecular complexity index is 1420. The number of ether oxygens (including phenoxy) is 3. The van der Waals surface area contributed by atoms with Crippen LogP contribution in [-0.2, 0) is 28.6 Å². The number of carbonyl (C=O) groups is 3. The number of esters is 3. The summed E-state index contributed by atoms with van der Waals surface area (Å²) in [6.45, 7) is 6.52. The van der Waals surface area contributed by atoms with Gasteiger partial charge in [0.1, 0.15) is 13.2 Å². The summed E-state index contributed by atoms with van der Waals surface area (Å²) in [6, 6.07) is 0. The van der Waals surface area contributed by atoms with Crippen LogP contribution in [0.1, 0.15) is 342 Å². The summed E-state index contributed by atoms with van der Waals surface area (Å²) >= 11 is 0. The monoisotopic (exact) mass is 1070 g/mol. The number of carbonyl (C=O) groups excluding carboxylic acids is 3. The van der Waals surface area contributed by atoms with E-state index in [0.29, 0.717) is 19.3 Å². The summed E-state index contributed by atoms with van der Waals surface area (Å²) in [7, 11) is 0. The molecule has 0 aromatic heterocycles. The van der Waals surface area contributed by atoms with Crippen LogP contribution in [0.3, 0.4) is 0 Å². The van der Waals surface area contributed by atoms with Gasteiger partial charge >= 0.3 is 17.9 Å². The lowest BCUT2D eigenvalue weighted by molar-refractivity contribution is -0.167. The highest BCUT2D eigenvalue weighted by molar-refractivity contribution is 5.71. The lowest BCUT2D eigenvalue weighted by Gasteiger charge is -2.18. The molecule has 6 heteroatoms. The van der Waals surface area contributed by atoms with Crippen LogP contribution in [0.25, 0.3) is 0 Å². The van der Waals surface area contributed by atoms with E-state index in [-0.39, 0.29) is 31.1 Å². The minimum Gasteiger partial charge on any atom is -0.462 e. The Kier molecular flexibility index (Phi) is 62.7. The maximum atomic E-state index is 12.9. The van der Waals surface area contributed by atoms with Crippen LogP contribution in [0.15, 0.2) is 72.9 Å². The molecule has 0 rings (SSSR count). The molecule has 0 aliphatic heterocycles. The quantitative estimate of drug-likeness (QED) is 0.0261. The van der Waals surface area contributed by atoms with Gasteiger partial charge in [0.05, 0.1) is 0 Å². The van der Waals surface area contributed by atoms with Crippen molar-refractivity contribution in [2.75, 3.05) is 13.2 Å². The van der Waals surface area contributed by atoms with Crippen LogP contribution in [0.4, 0.5) is 0 Å². The number of hydrogen-bond donors (Lipinski definition) is 0. The summed E-state index contributed by atoms with van der Waals surface area (Å²) in [6.07, 6.45) is 85.1. The van der Waals surface area contributed by atoms with Gasteiger partial charge in [0.2, 0.25) is 0 Å². The van der Waals surface area contributed by atoms with Crippen LogP contribution >= 0.6 is 0 Å². The van der Waals surface area contributed by atoms with Gasteiger partial charge in [-0.15, -0.1) is 0 Å². The molecule has 77 heavy (non-hydrogen) atoms. The molecular weight excluding hydrogens is 949 g/mol. The number of rotatable bonds is 61. The van der Waals surface area contributed by atoms with Crippen molar-refractivity contribution in [2.24, 2.45) is 0 Å². The fourth-order valence-electron chi connectivity index (χ4n) is 9.66. The maximum Gasteiger partial charge on any atom is 0.306 e. The molecule has 0 radical (unpaired) electrons. The second-order valence-electron chi connectivity index (χ2n) is 22.3. The predicted molar refractivity (Wildman–Crippen MR) is 335 cm³/mol. The molecule has 446 valence electrons. The zero-order valence-electron chi connectivity index (χ0n) is 51.2. The van der Waals surface area contributed by atoms with Crippen molar-refractivity contribution in [1.82, 2.24) is 0 Å². The zero-order valence-corrected chi connectivity index (χ0v) is 51.2. The third-order valence-corrected chi connectivity index (χ3v) is 14.7. The first-order valence-corrected chi connectivity index (χ1v) is 33.4. The minimum atomic E-state index is -0.780. The third-order valence-electron chi connectivity index (χ3n) is 14.7. The molecule has 0 aliphatic rings. The second-order valence-corrected chi connectivity index (χ2v) is 22.3. The molecule has 0 spiro atoms. The molecule has 0 aliphatic carbocycles. The summed E-state index contributed by atoms with van der Waals surface area (Å²) in [5.41, 5.74) is 0. The highest BCUT2D eigenvalue weighted by Crippen LogP contribution is 2.17. The Morgan fingerprint density at radius 1 is 0.273 bits per heavy atom. The minimum absolute atomic E-state index is 0.0769. The highest BCUT2D eigenvalue weighted by Gasteiger charge is 2.19. The average molecular weight is 1080 g/mol. The molecule has 1 atom stereocenters. The van der Waals surface area contributed by atoms with Crippen LogP contribution in [0.2, 0.25) is 0 Å². The van der Waals surface area contributed by atoms with Crippen molar-refractivity contribution in [3.8, 4) is 0 Å². The van der Waals surface area contributed by atoms with Gasteiger partial charge in [0.25, 0.3) is 0 Å². The zero-order chi connectivity index (χ0) is 55.7. The van der Waals surface area contributed by atoms with Crippen LogP contribution < -0.4 is 0 Å². The van der Waals surface area contributed by atoms with Crippen LogP contribution in [0, 0.1) is 0 Å². The van der Waals surface area contributed by atoms with E-state index in [1.807, 2.05) is 0 Å². The highest BCUT2D eigenvalue weighted by atomic mass is 16.6. The summed E-state index contributed by atoms with van der Waals surface area (Å²) in [5, 5.41) is 0. The molecule has 0 heterocycles. The number of allylic oxidation sites excluding steroid dienone is 12. The molecule has 0 aromatic rings. The van der Waals surface area contributed by atoms with Gasteiger partial charge < -0.3 is 14.2 Å². The average Bonchev–Trinajstić information content (AvgIpc) is 3.43. The molecule has 1 unspecified atom stereocenters. The van der Waals surface area contributed by atoms with Gasteiger partial charge in [-0.3, -0.25) is 14.4 Å². The van der Waals surface area contributed by atoms with Crippen molar-refractivity contribution in [3.05, 3.63) is 72.9 Å². The number of unbranched alkanes of at least 4 members (excludes halogenated alkanes) is 38. The first-order chi connectivity index (χ1) is 38.0. The molecule has 0 N–H and O–H groups in total. The Morgan fingerprint density at radius 3 is 0.831 bits per heavy atom. The van der Waals surface area contributed by atoms with E-state index in [1.54, 1.807) is 0 Å². The first-order valence-electron chi connectivity index (χ1n) is 33.4.